The molecule has 1 N–H and O–H groups in total. The second-order valence-corrected chi connectivity index (χ2v) is 2.02. The Morgan fingerprint density at radius 3 is 2.86 bits per heavy atom. The third-order valence-electron chi connectivity index (χ3n) is 0.614. The fourth-order valence-electron chi connectivity index (χ4n) is 0.332. The highest BCUT2D eigenvalue weighted by Crippen LogP contribution is 2.13. The smallest absolute Gasteiger partial charge is 0.118 e. The number of halogens is 1. The van der Waals surface area contributed by atoms with Crippen LogP contribution in [0, 0.1) is 0 Å². The van der Waals surface area contributed by atoms with Crippen LogP contribution in [0.5, 0.6) is 0 Å². The van der Waals surface area contributed by atoms with Crippen molar-refractivity contribution in [2.75, 3.05) is 5.54 Å². The van der Waals surface area contributed by atoms with Crippen LogP contribution in [0.15, 0.2) is 17.5 Å². The molecule has 1 aromatic rings. The zero-order valence-electron chi connectivity index (χ0n) is 3.52. The lowest BCUT2D eigenvalue weighted by atomic mass is 10.6. The minimum atomic E-state index is 0.556. The van der Waals surface area contributed by atoms with Crippen molar-refractivity contribution in [1.29, 1.82) is 0 Å². The van der Waals surface area contributed by atoms with E-state index in [0.29, 0.717) is 5.00 Å². The molecule has 7 heavy (non-hydrogen) atoms. The van der Waals surface area contributed by atoms with E-state index in [0.717, 1.165) is 0 Å². The van der Waals surface area contributed by atoms with Crippen molar-refractivity contribution in [1.82, 2.24) is 0 Å². The van der Waals surface area contributed by atoms with E-state index in [1.165, 1.54) is 16.9 Å². The van der Waals surface area contributed by atoms with Gasteiger partial charge in [-0.05, 0) is 17.5 Å². The predicted molar refractivity (Wildman–Crippen MR) is 29.0 cm³/mol. The van der Waals surface area contributed by atoms with Gasteiger partial charge < -0.3 is 0 Å². The molecule has 3 heteroatoms. The lowest BCUT2D eigenvalue weighted by molar-refractivity contribution is 0.621. The van der Waals surface area contributed by atoms with Crippen LogP contribution >= 0.6 is 11.3 Å². The van der Waals surface area contributed by atoms with Gasteiger partial charge in [0.05, 0.1) is 0 Å². The molecule has 0 aliphatic rings. The number of thiophene rings is 1. The molecule has 0 unspecified atom stereocenters. The maximum Gasteiger partial charge on any atom is 0.118 e. The van der Waals surface area contributed by atoms with Crippen LogP contribution in [0.25, 0.3) is 0 Å². The highest BCUT2D eigenvalue weighted by atomic mass is 32.1. The standard InChI is InChI=1S/C4H4FNS/c5-6-4-2-1-3-7-4/h1-3,6H. The van der Waals surface area contributed by atoms with Crippen LogP contribution in [-0.2, 0) is 0 Å². The minimum Gasteiger partial charge on any atom is -0.214 e. The number of anilines is 1. The molecule has 0 aliphatic heterocycles. The molecule has 0 fully saturated rings. The molecule has 1 rings (SSSR count). The molecule has 0 saturated carbocycles. The Kier molecular flexibility index (Phi) is 1.26. The summed E-state index contributed by atoms with van der Waals surface area (Å²) in [5.41, 5.74) is 1.53. The number of hydrogen-bond acceptors (Lipinski definition) is 2. The SMILES string of the molecule is FNc1cccs1. The van der Waals surface area contributed by atoms with E-state index in [-0.39, 0.29) is 0 Å². The average molecular weight is 117 g/mol. The first-order valence-corrected chi connectivity index (χ1v) is 2.71. The van der Waals surface area contributed by atoms with Crippen molar-refractivity contribution in [2.45, 2.75) is 0 Å². The second-order valence-electron chi connectivity index (χ2n) is 1.07. The molecule has 0 bridgehead atoms. The minimum absolute atomic E-state index is 0.556. The van der Waals surface area contributed by atoms with E-state index in [4.69, 9.17) is 0 Å². The molecular formula is C4H4FNS. The van der Waals surface area contributed by atoms with Gasteiger partial charge in [-0.2, -0.15) is 0 Å². The third kappa shape index (κ3) is 0.899. The number of hydrogen-bond donors (Lipinski definition) is 1. The van der Waals surface area contributed by atoms with Crippen LogP contribution in [0.1, 0.15) is 0 Å². The molecule has 0 atom stereocenters. The zero-order chi connectivity index (χ0) is 5.11. The summed E-state index contributed by atoms with van der Waals surface area (Å²) in [5, 5.41) is 2.36. The predicted octanol–water partition coefficient (Wildman–Crippen LogP) is 2.04. The van der Waals surface area contributed by atoms with E-state index in [9.17, 15) is 4.48 Å². The zero-order valence-corrected chi connectivity index (χ0v) is 4.33. The van der Waals surface area contributed by atoms with Crippen LogP contribution in [-0.4, -0.2) is 0 Å². The summed E-state index contributed by atoms with van der Waals surface area (Å²) in [6.07, 6.45) is 0. The van der Waals surface area contributed by atoms with Crippen LogP contribution in [0.3, 0.4) is 0 Å². The van der Waals surface area contributed by atoms with Crippen molar-refractivity contribution < 1.29 is 4.48 Å². The summed E-state index contributed by atoms with van der Waals surface area (Å²) in [6, 6.07) is 3.46. The van der Waals surface area contributed by atoms with Gasteiger partial charge in [0.2, 0.25) is 0 Å². The average Bonchev–Trinajstić information content (AvgIpc) is 2.14. The second kappa shape index (κ2) is 1.93. The fraction of sp³-hybridized carbons (Fsp3) is 0. The largest absolute Gasteiger partial charge is 0.214 e. The van der Waals surface area contributed by atoms with Crippen LogP contribution in [0.4, 0.5) is 9.48 Å². The summed E-state index contributed by atoms with van der Waals surface area (Å²) < 4.78 is 11.3. The Balaban J connectivity index is 2.76. The maximum atomic E-state index is 11.3. The van der Waals surface area contributed by atoms with Crippen molar-refractivity contribution >= 4 is 16.3 Å². The summed E-state index contributed by atoms with van der Waals surface area (Å²) in [7, 11) is 0. The van der Waals surface area contributed by atoms with E-state index in [1.807, 2.05) is 5.38 Å². The van der Waals surface area contributed by atoms with Gasteiger partial charge in [-0.1, -0.05) is 0 Å². The first-order chi connectivity index (χ1) is 3.43. The van der Waals surface area contributed by atoms with Gasteiger partial charge >= 0.3 is 0 Å². The van der Waals surface area contributed by atoms with Gasteiger partial charge in [-0.15, -0.1) is 15.8 Å². The fourth-order valence-corrected chi connectivity index (χ4v) is 0.838. The summed E-state index contributed by atoms with van der Waals surface area (Å²) in [5.74, 6) is 0. The topological polar surface area (TPSA) is 12.0 Å². The van der Waals surface area contributed by atoms with Gasteiger partial charge in [0, 0.05) is 0 Å². The highest BCUT2D eigenvalue weighted by molar-refractivity contribution is 7.14. The van der Waals surface area contributed by atoms with Gasteiger partial charge in [-0.25, -0.2) is 5.54 Å². The Bertz CT molecular complexity index is 126. The van der Waals surface area contributed by atoms with E-state index in [1.54, 1.807) is 12.1 Å². The number of nitrogens with one attached hydrogen (secondary N) is 1. The number of rotatable bonds is 1. The lowest BCUT2D eigenvalue weighted by Crippen LogP contribution is -1.70. The van der Waals surface area contributed by atoms with Crippen molar-refractivity contribution in [3.8, 4) is 0 Å². The molecule has 0 spiro atoms. The van der Waals surface area contributed by atoms with Crippen molar-refractivity contribution in [2.24, 2.45) is 0 Å². The van der Waals surface area contributed by atoms with Crippen molar-refractivity contribution in [3.05, 3.63) is 17.5 Å². The molecular weight excluding hydrogens is 113 g/mol. The monoisotopic (exact) mass is 117 g/mol. The van der Waals surface area contributed by atoms with E-state index < -0.39 is 0 Å². The molecule has 1 aromatic heterocycles. The molecule has 1 heterocycles. The first-order valence-electron chi connectivity index (χ1n) is 1.83. The molecule has 0 radical (unpaired) electrons. The van der Waals surface area contributed by atoms with E-state index in [2.05, 4.69) is 0 Å². The van der Waals surface area contributed by atoms with E-state index >= 15 is 0 Å². The molecule has 1 nitrogen and oxygen atoms in total. The third-order valence-corrected chi connectivity index (χ3v) is 1.37. The normalized spacial score (nSPS) is 8.71. The Labute approximate surface area is 44.7 Å². The van der Waals surface area contributed by atoms with Crippen molar-refractivity contribution in [3.63, 3.8) is 0 Å². The quantitative estimate of drug-likeness (QED) is 0.555. The van der Waals surface area contributed by atoms with Gasteiger partial charge in [0.15, 0.2) is 0 Å². The molecule has 0 saturated heterocycles. The van der Waals surface area contributed by atoms with Crippen LogP contribution in [0.2, 0.25) is 0 Å². The van der Waals surface area contributed by atoms with Gasteiger partial charge in [-0.3, -0.25) is 0 Å². The maximum absolute atomic E-state index is 11.3. The Morgan fingerprint density at radius 2 is 2.57 bits per heavy atom. The van der Waals surface area contributed by atoms with Gasteiger partial charge in [0.25, 0.3) is 0 Å². The summed E-state index contributed by atoms with van der Waals surface area (Å²) >= 11 is 1.34. The Hall–Kier alpha value is -0.570. The van der Waals surface area contributed by atoms with Crippen LogP contribution < -0.4 is 5.54 Å². The molecule has 0 aromatic carbocycles. The Morgan fingerprint density at radius 1 is 1.71 bits per heavy atom. The molecule has 0 aliphatic carbocycles. The molecule has 38 valence electrons. The summed E-state index contributed by atoms with van der Waals surface area (Å²) in [6.45, 7) is 0. The lowest BCUT2D eigenvalue weighted by Gasteiger charge is -1.80. The summed E-state index contributed by atoms with van der Waals surface area (Å²) in [4.78, 5) is 0. The first kappa shape index (κ1) is 4.59. The molecule has 0 amide bonds. The van der Waals surface area contributed by atoms with Gasteiger partial charge in [0.1, 0.15) is 5.00 Å². The highest BCUT2D eigenvalue weighted by Gasteiger charge is 1.83.